The van der Waals surface area contributed by atoms with Crippen LogP contribution < -0.4 is 0 Å². The Morgan fingerprint density at radius 3 is 2.72 bits per heavy atom. The highest BCUT2D eigenvalue weighted by Gasteiger charge is 2.34. The molecule has 0 amide bonds. The Morgan fingerprint density at radius 1 is 1.44 bits per heavy atom. The summed E-state index contributed by atoms with van der Waals surface area (Å²) in [6.45, 7) is 0. The van der Waals surface area contributed by atoms with Crippen molar-refractivity contribution in [3.05, 3.63) is 29.6 Å². The van der Waals surface area contributed by atoms with Gasteiger partial charge in [-0.25, -0.2) is 13.6 Å². The number of hydrogen-bond donors (Lipinski definition) is 1. The number of halogens is 2. The molecule has 0 aliphatic heterocycles. The highest BCUT2D eigenvalue weighted by molar-refractivity contribution is 5.87. The monoisotopic (exact) mass is 255 g/mol. The van der Waals surface area contributed by atoms with E-state index in [2.05, 4.69) is 4.98 Å². The minimum atomic E-state index is -2.52. The Morgan fingerprint density at radius 2 is 2.11 bits per heavy atom. The van der Waals surface area contributed by atoms with Crippen molar-refractivity contribution in [1.29, 1.82) is 0 Å². The minimum absolute atomic E-state index is 0.0731. The lowest BCUT2D eigenvalue weighted by Gasteiger charge is -2.27. The van der Waals surface area contributed by atoms with Crippen molar-refractivity contribution in [3.8, 4) is 0 Å². The Kier molecular flexibility index (Phi) is 3.59. The van der Waals surface area contributed by atoms with Crippen molar-refractivity contribution in [3.63, 3.8) is 0 Å². The summed E-state index contributed by atoms with van der Waals surface area (Å²) in [6, 6.07) is 2.95. The first kappa shape index (κ1) is 12.9. The lowest BCUT2D eigenvalue weighted by atomic mass is 9.84. The number of aromatic nitrogens is 1. The first-order chi connectivity index (χ1) is 8.46. The maximum Gasteiger partial charge on any atom is 0.335 e. The molecule has 0 radical (unpaired) electrons. The van der Waals surface area contributed by atoms with E-state index in [1.807, 2.05) is 0 Å². The molecule has 1 aliphatic rings. The Hall–Kier alpha value is -1.52. The molecule has 0 atom stereocenters. The molecule has 1 aromatic heterocycles. The van der Waals surface area contributed by atoms with Crippen molar-refractivity contribution in [2.75, 3.05) is 0 Å². The summed E-state index contributed by atoms with van der Waals surface area (Å²) in [4.78, 5) is 14.9. The van der Waals surface area contributed by atoms with Crippen molar-refractivity contribution in [2.45, 2.75) is 38.0 Å². The van der Waals surface area contributed by atoms with Gasteiger partial charge in [-0.3, -0.25) is 4.98 Å². The molecular weight excluding hydrogens is 240 g/mol. The second-order valence-corrected chi connectivity index (χ2v) is 4.84. The van der Waals surface area contributed by atoms with E-state index in [-0.39, 0.29) is 24.3 Å². The zero-order valence-corrected chi connectivity index (χ0v) is 9.90. The van der Waals surface area contributed by atoms with Crippen LogP contribution in [0.4, 0.5) is 8.78 Å². The van der Waals surface area contributed by atoms with Crippen LogP contribution in [0.25, 0.3) is 0 Å². The van der Waals surface area contributed by atoms with Crippen LogP contribution in [0.3, 0.4) is 0 Å². The average molecular weight is 255 g/mol. The largest absolute Gasteiger partial charge is 0.478 e. The van der Waals surface area contributed by atoms with Gasteiger partial charge in [0.05, 0.1) is 5.56 Å². The molecule has 1 N–H and O–H groups in total. The number of pyridine rings is 1. The molecule has 0 spiro atoms. The van der Waals surface area contributed by atoms with Gasteiger partial charge in [-0.1, -0.05) is 0 Å². The lowest BCUT2D eigenvalue weighted by Crippen LogP contribution is -2.25. The van der Waals surface area contributed by atoms with Gasteiger partial charge >= 0.3 is 5.97 Å². The molecule has 0 aromatic carbocycles. The standard InChI is InChI=1S/C13H15F2NO2/c14-13(15)4-1-9(2-5-13)7-11-8-10(12(17)18)3-6-16-11/h3,6,8-9H,1-2,4-5,7H2,(H,17,18). The van der Waals surface area contributed by atoms with Crippen LogP contribution in [0.5, 0.6) is 0 Å². The maximum absolute atomic E-state index is 13.0. The van der Waals surface area contributed by atoms with Gasteiger partial charge in [0, 0.05) is 24.7 Å². The van der Waals surface area contributed by atoms with Crippen LogP contribution in [-0.2, 0) is 6.42 Å². The average Bonchev–Trinajstić information content (AvgIpc) is 2.32. The van der Waals surface area contributed by atoms with Crippen LogP contribution in [-0.4, -0.2) is 22.0 Å². The highest BCUT2D eigenvalue weighted by atomic mass is 19.3. The Bertz CT molecular complexity index is 438. The fourth-order valence-electron chi connectivity index (χ4n) is 2.32. The number of alkyl halides is 2. The first-order valence-corrected chi connectivity index (χ1v) is 6.02. The lowest BCUT2D eigenvalue weighted by molar-refractivity contribution is -0.0457. The summed E-state index contributed by atoms with van der Waals surface area (Å²) in [5, 5.41) is 8.86. The van der Waals surface area contributed by atoms with E-state index >= 15 is 0 Å². The predicted molar refractivity (Wildman–Crippen MR) is 61.8 cm³/mol. The molecular formula is C13H15F2NO2. The van der Waals surface area contributed by atoms with Gasteiger partial charge in [0.25, 0.3) is 0 Å². The molecule has 0 bridgehead atoms. The van der Waals surface area contributed by atoms with Crippen LogP contribution in [0.2, 0.25) is 0 Å². The fourth-order valence-corrected chi connectivity index (χ4v) is 2.32. The Labute approximate surface area is 104 Å². The Balaban J connectivity index is 1.98. The number of carbonyl (C=O) groups is 1. The van der Waals surface area contributed by atoms with Crippen molar-refractivity contribution in [1.82, 2.24) is 4.98 Å². The molecule has 1 heterocycles. The van der Waals surface area contributed by atoms with E-state index in [1.165, 1.54) is 18.3 Å². The molecule has 0 saturated heterocycles. The third-order valence-electron chi connectivity index (χ3n) is 3.40. The van der Waals surface area contributed by atoms with Crippen LogP contribution >= 0.6 is 0 Å². The molecule has 0 unspecified atom stereocenters. The smallest absolute Gasteiger partial charge is 0.335 e. The van der Waals surface area contributed by atoms with E-state index < -0.39 is 11.9 Å². The topological polar surface area (TPSA) is 50.2 Å². The van der Waals surface area contributed by atoms with E-state index in [9.17, 15) is 13.6 Å². The fraction of sp³-hybridized carbons (Fsp3) is 0.538. The van der Waals surface area contributed by atoms with Gasteiger partial charge in [0.15, 0.2) is 0 Å². The van der Waals surface area contributed by atoms with E-state index in [4.69, 9.17) is 5.11 Å². The van der Waals surface area contributed by atoms with Crippen LogP contribution in [0.15, 0.2) is 18.3 Å². The third kappa shape index (κ3) is 3.24. The number of hydrogen-bond acceptors (Lipinski definition) is 2. The highest BCUT2D eigenvalue weighted by Crippen LogP contribution is 2.37. The van der Waals surface area contributed by atoms with Gasteiger partial charge in [0.2, 0.25) is 5.92 Å². The third-order valence-corrected chi connectivity index (χ3v) is 3.40. The summed E-state index contributed by atoms with van der Waals surface area (Å²) in [6.07, 6.45) is 2.85. The van der Waals surface area contributed by atoms with Gasteiger partial charge < -0.3 is 5.11 Å². The second-order valence-electron chi connectivity index (χ2n) is 4.84. The normalized spacial score (nSPS) is 19.7. The molecule has 18 heavy (non-hydrogen) atoms. The van der Waals surface area contributed by atoms with Gasteiger partial charge in [-0.05, 0) is 37.3 Å². The molecule has 2 rings (SSSR count). The first-order valence-electron chi connectivity index (χ1n) is 6.02. The van der Waals surface area contributed by atoms with E-state index in [0.29, 0.717) is 25.0 Å². The number of aromatic carboxylic acids is 1. The van der Waals surface area contributed by atoms with Crippen molar-refractivity contribution >= 4 is 5.97 Å². The summed E-state index contributed by atoms with van der Waals surface area (Å²) < 4.78 is 26.0. The van der Waals surface area contributed by atoms with Crippen molar-refractivity contribution < 1.29 is 18.7 Å². The minimum Gasteiger partial charge on any atom is -0.478 e. The summed E-state index contributed by atoms with van der Waals surface area (Å²) in [5.41, 5.74) is 0.867. The zero-order chi connectivity index (χ0) is 13.2. The molecule has 1 saturated carbocycles. The number of rotatable bonds is 3. The quantitative estimate of drug-likeness (QED) is 0.902. The molecule has 1 aromatic rings. The van der Waals surface area contributed by atoms with Crippen LogP contribution in [0.1, 0.15) is 41.7 Å². The SMILES string of the molecule is O=C(O)c1ccnc(CC2CCC(F)(F)CC2)c1. The van der Waals surface area contributed by atoms with Gasteiger partial charge in [-0.2, -0.15) is 0 Å². The van der Waals surface area contributed by atoms with Crippen LogP contribution in [0, 0.1) is 5.92 Å². The molecule has 1 fully saturated rings. The number of nitrogens with zero attached hydrogens (tertiary/aromatic N) is 1. The molecule has 3 nitrogen and oxygen atoms in total. The molecule has 5 heteroatoms. The summed E-state index contributed by atoms with van der Waals surface area (Å²) >= 11 is 0. The summed E-state index contributed by atoms with van der Waals surface area (Å²) in [7, 11) is 0. The molecule has 98 valence electrons. The van der Waals surface area contributed by atoms with E-state index in [1.54, 1.807) is 0 Å². The van der Waals surface area contributed by atoms with E-state index in [0.717, 1.165) is 0 Å². The summed E-state index contributed by atoms with van der Waals surface area (Å²) in [5.74, 6) is -3.33. The predicted octanol–water partition coefficient (Wildman–Crippen LogP) is 3.15. The second kappa shape index (κ2) is 5.00. The maximum atomic E-state index is 13.0. The number of carboxylic acids is 1. The zero-order valence-electron chi connectivity index (χ0n) is 9.90. The number of carboxylic acid groups (broad SMARTS) is 1. The molecule has 1 aliphatic carbocycles. The van der Waals surface area contributed by atoms with Gasteiger partial charge in [-0.15, -0.1) is 0 Å². The van der Waals surface area contributed by atoms with Crippen molar-refractivity contribution in [2.24, 2.45) is 5.92 Å². The van der Waals surface area contributed by atoms with Gasteiger partial charge in [0.1, 0.15) is 0 Å².